The van der Waals surface area contributed by atoms with Gasteiger partial charge in [0.15, 0.2) is 0 Å². The third kappa shape index (κ3) is 4.79. The van der Waals surface area contributed by atoms with Gasteiger partial charge in [-0.3, -0.25) is 9.80 Å². The van der Waals surface area contributed by atoms with Crippen LogP contribution in [0.3, 0.4) is 0 Å². The van der Waals surface area contributed by atoms with Gasteiger partial charge in [0.25, 0.3) is 0 Å². The van der Waals surface area contributed by atoms with Gasteiger partial charge < -0.3 is 10.3 Å². The Hall–Kier alpha value is -1.36. The molecule has 3 rings (SSSR count). The molecular formula is C24H40N4. The van der Waals surface area contributed by atoms with Crippen molar-refractivity contribution in [2.24, 2.45) is 11.8 Å². The quantitative estimate of drug-likeness (QED) is 0.686. The molecular weight excluding hydrogens is 344 g/mol. The van der Waals surface area contributed by atoms with Crippen molar-refractivity contribution < 1.29 is 0 Å². The number of nitrogens with zero attached hydrogens (tertiary/aromatic N) is 2. The maximum Gasteiger partial charge on any atom is 0.0456 e. The molecule has 2 N–H and O–H groups in total. The Balaban J connectivity index is 1.66. The minimum atomic E-state index is 0.641. The van der Waals surface area contributed by atoms with Crippen molar-refractivity contribution in [1.29, 1.82) is 0 Å². The summed E-state index contributed by atoms with van der Waals surface area (Å²) >= 11 is 0. The van der Waals surface area contributed by atoms with Crippen LogP contribution in [0.5, 0.6) is 0 Å². The topological polar surface area (TPSA) is 34.3 Å². The van der Waals surface area contributed by atoms with Crippen LogP contribution < -0.4 is 5.32 Å². The first-order valence-electron chi connectivity index (χ1n) is 11.2. The second-order valence-corrected chi connectivity index (χ2v) is 8.96. The molecule has 3 atom stereocenters. The minimum Gasteiger partial charge on any atom is -0.361 e. The maximum absolute atomic E-state index is 3.44. The predicted octanol–water partition coefficient (Wildman–Crippen LogP) is 3.99. The molecule has 0 saturated carbocycles. The maximum atomic E-state index is 3.44. The normalized spacial score (nSPS) is 21.4. The molecule has 2 heterocycles. The highest BCUT2D eigenvalue weighted by atomic mass is 15.3. The number of rotatable bonds is 9. The van der Waals surface area contributed by atoms with E-state index in [2.05, 4.69) is 85.3 Å². The lowest BCUT2D eigenvalue weighted by Crippen LogP contribution is -2.60. The Morgan fingerprint density at radius 3 is 2.68 bits per heavy atom. The molecule has 1 aromatic carbocycles. The standard InChI is InChI=1S/C24H40N4/c1-6-19(4)23(16-25-5)28-14-13-27(24(17-28)18(2)3)12-11-20-15-26-22-10-8-7-9-21(20)22/h7-10,15,18-19,23-26H,6,11-14,16-17H2,1-5H3/t19?,23-,24-/m0/s1. The van der Waals surface area contributed by atoms with Crippen molar-refractivity contribution in [1.82, 2.24) is 20.1 Å². The van der Waals surface area contributed by atoms with Crippen LogP contribution in [0.1, 0.15) is 39.7 Å². The van der Waals surface area contributed by atoms with E-state index in [0.717, 1.165) is 25.4 Å². The molecule has 2 aromatic rings. The Kier molecular flexibility index (Phi) is 7.55. The first-order valence-corrected chi connectivity index (χ1v) is 11.2. The van der Waals surface area contributed by atoms with Crippen LogP contribution in [-0.4, -0.2) is 66.6 Å². The lowest BCUT2D eigenvalue weighted by molar-refractivity contribution is 0.0146. The second kappa shape index (κ2) is 9.91. The second-order valence-electron chi connectivity index (χ2n) is 8.96. The molecule has 1 aliphatic rings. The van der Waals surface area contributed by atoms with E-state index in [0.29, 0.717) is 18.0 Å². The Morgan fingerprint density at radius 1 is 1.18 bits per heavy atom. The summed E-state index contributed by atoms with van der Waals surface area (Å²) in [4.78, 5) is 8.94. The van der Waals surface area contributed by atoms with Crippen molar-refractivity contribution in [2.75, 3.05) is 39.8 Å². The van der Waals surface area contributed by atoms with E-state index >= 15 is 0 Å². The number of para-hydroxylation sites is 1. The summed E-state index contributed by atoms with van der Waals surface area (Å²) in [5.74, 6) is 1.41. The molecule has 156 valence electrons. The Morgan fingerprint density at radius 2 is 1.96 bits per heavy atom. The SMILES string of the molecule is CCC(C)[C@H](CNC)N1CCN(CCc2c[nH]c3ccccc23)[C@H](C(C)C)C1. The molecule has 0 amide bonds. The van der Waals surface area contributed by atoms with Gasteiger partial charge >= 0.3 is 0 Å². The molecule has 1 saturated heterocycles. The largest absolute Gasteiger partial charge is 0.361 e. The summed E-state index contributed by atoms with van der Waals surface area (Å²) in [5.41, 5.74) is 2.71. The van der Waals surface area contributed by atoms with E-state index in [4.69, 9.17) is 0 Å². The van der Waals surface area contributed by atoms with Crippen LogP contribution >= 0.6 is 0 Å². The van der Waals surface area contributed by atoms with Crippen molar-refractivity contribution in [3.05, 3.63) is 36.0 Å². The number of hydrogen-bond acceptors (Lipinski definition) is 3. The molecule has 0 aliphatic carbocycles. The van der Waals surface area contributed by atoms with E-state index in [1.165, 1.54) is 42.5 Å². The van der Waals surface area contributed by atoms with Gasteiger partial charge in [0.1, 0.15) is 0 Å². The van der Waals surface area contributed by atoms with E-state index in [-0.39, 0.29) is 0 Å². The van der Waals surface area contributed by atoms with Gasteiger partial charge in [-0.15, -0.1) is 0 Å². The lowest BCUT2D eigenvalue weighted by atomic mass is 9.93. The number of piperazine rings is 1. The molecule has 1 aromatic heterocycles. The summed E-state index contributed by atoms with van der Waals surface area (Å²) in [7, 11) is 2.09. The molecule has 1 fully saturated rings. The van der Waals surface area contributed by atoms with Gasteiger partial charge in [-0.2, -0.15) is 0 Å². The number of H-pyrrole nitrogens is 1. The van der Waals surface area contributed by atoms with Gasteiger partial charge in [-0.1, -0.05) is 52.3 Å². The zero-order valence-electron chi connectivity index (χ0n) is 18.5. The number of likely N-dealkylation sites (N-methyl/N-ethyl adjacent to an activating group) is 1. The van der Waals surface area contributed by atoms with Gasteiger partial charge in [-0.25, -0.2) is 0 Å². The fourth-order valence-corrected chi connectivity index (χ4v) is 4.85. The number of fused-ring (bicyclic) bond motifs is 1. The average Bonchev–Trinajstić information content (AvgIpc) is 3.13. The zero-order valence-corrected chi connectivity index (χ0v) is 18.5. The number of hydrogen-bond donors (Lipinski definition) is 2. The van der Waals surface area contributed by atoms with E-state index < -0.39 is 0 Å². The van der Waals surface area contributed by atoms with Crippen molar-refractivity contribution in [3.8, 4) is 0 Å². The number of aromatic nitrogens is 1. The third-order valence-corrected chi connectivity index (χ3v) is 6.86. The van der Waals surface area contributed by atoms with Crippen LogP contribution in [0.15, 0.2) is 30.5 Å². The zero-order chi connectivity index (χ0) is 20.1. The highest BCUT2D eigenvalue weighted by Gasteiger charge is 2.33. The van der Waals surface area contributed by atoms with Gasteiger partial charge in [0, 0.05) is 61.9 Å². The molecule has 0 spiro atoms. The molecule has 4 nitrogen and oxygen atoms in total. The van der Waals surface area contributed by atoms with E-state index in [1.54, 1.807) is 0 Å². The minimum absolute atomic E-state index is 0.641. The smallest absolute Gasteiger partial charge is 0.0456 e. The number of nitrogens with one attached hydrogen (secondary N) is 2. The monoisotopic (exact) mass is 384 g/mol. The van der Waals surface area contributed by atoms with Crippen molar-refractivity contribution in [2.45, 2.75) is 52.6 Å². The summed E-state index contributed by atoms with van der Waals surface area (Å²) < 4.78 is 0. The fraction of sp³-hybridized carbons (Fsp3) is 0.667. The van der Waals surface area contributed by atoms with Crippen molar-refractivity contribution >= 4 is 10.9 Å². The van der Waals surface area contributed by atoms with E-state index in [1.807, 2.05) is 0 Å². The van der Waals surface area contributed by atoms with E-state index in [9.17, 15) is 0 Å². The van der Waals surface area contributed by atoms with Crippen LogP contribution in [0.4, 0.5) is 0 Å². The summed E-state index contributed by atoms with van der Waals surface area (Å²) in [6.45, 7) is 15.3. The molecule has 0 bridgehead atoms. The third-order valence-electron chi connectivity index (χ3n) is 6.86. The molecule has 4 heteroatoms. The molecule has 1 unspecified atom stereocenters. The summed E-state index contributed by atoms with van der Waals surface area (Å²) in [6.07, 6.45) is 4.58. The van der Waals surface area contributed by atoms with Crippen LogP contribution in [0, 0.1) is 11.8 Å². The molecule has 28 heavy (non-hydrogen) atoms. The number of aromatic amines is 1. The fourth-order valence-electron chi connectivity index (χ4n) is 4.85. The average molecular weight is 385 g/mol. The van der Waals surface area contributed by atoms with Gasteiger partial charge in [0.2, 0.25) is 0 Å². The highest BCUT2D eigenvalue weighted by molar-refractivity contribution is 5.83. The Labute approximate surface area is 171 Å². The predicted molar refractivity (Wildman–Crippen MR) is 121 cm³/mol. The Bertz CT molecular complexity index is 722. The molecule has 1 aliphatic heterocycles. The lowest BCUT2D eigenvalue weighted by Gasteiger charge is -2.47. The summed E-state index contributed by atoms with van der Waals surface area (Å²) in [6, 6.07) is 9.95. The van der Waals surface area contributed by atoms with Crippen LogP contribution in [0.2, 0.25) is 0 Å². The molecule has 0 radical (unpaired) electrons. The highest BCUT2D eigenvalue weighted by Crippen LogP contribution is 2.24. The van der Waals surface area contributed by atoms with Crippen molar-refractivity contribution in [3.63, 3.8) is 0 Å². The number of benzene rings is 1. The van der Waals surface area contributed by atoms with Gasteiger partial charge in [0.05, 0.1) is 0 Å². The first kappa shape index (κ1) is 21.4. The first-order chi connectivity index (χ1) is 13.5. The van der Waals surface area contributed by atoms with Crippen LogP contribution in [0.25, 0.3) is 10.9 Å². The van der Waals surface area contributed by atoms with Crippen LogP contribution in [-0.2, 0) is 6.42 Å². The summed E-state index contributed by atoms with van der Waals surface area (Å²) in [5, 5.41) is 4.82. The van der Waals surface area contributed by atoms with Gasteiger partial charge in [-0.05, 0) is 36.9 Å².